The zero-order valence-corrected chi connectivity index (χ0v) is 11.7. The van der Waals surface area contributed by atoms with E-state index in [1.165, 1.54) is 16.0 Å². The summed E-state index contributed by atoms with van der Waals surface area (Å²) in [6.45, 7) is 4.96. The van der Waals surface area contributed by atoms with Crippen LogP contribution in [0.15, 0.2) is 53.4 Å². The number of hydrogen-bond acceptors (Lipinski definition) is 2. The molecule has 0 atom stereocenters. The van der Waals surface area contributed by atoms with Crippen molar-refractivity contribution < 1.29 is 4.74 Å². The number of rotatable bonds is 5. The molecule has 2 heteroatoms. The van der Waals surface area contributed by atoms with E-state index in [-0.39, 0.29) is 0 Å². The van der Waals surface area contributed by atoms with Gasteiger partial charge in [-0.3, -0.25) is 0 Å². The van der Waals surface area contributed by atoms with E-state index in [9.17, 15) is 0 Å². The Kier molecular flexibility index (Phi) is 4.71. The zero-order valence-electron chi connectivity index (χ0n) is 10.8. The molecule has 2 aromatic rings. The molecule has 0 aliphatic heterocycles. The van der Waals surface area contributed by atoms with E-state index < -0.39 is 0 Å². The Hall–Kier alpha value is -1.41. The molecule has 0 aliphatic carbocycles. The molecule has 0 bridgehead atoms. The van der Waals surface area contributed by atoms with Crippen molar-refractivity contribution in [2.24, 2.45) is 0 Å². The van der Waals surface area contributed by atoms with Gasteiger partial charge in [0.1, 0.15) is 5.75 Å². The van der Waals surface area contributed by atoms with E-state index in [0.29, 0.717) is 0 Å². The molecular formula is C16H18OS. The second kappa shape index (κ2) is 6.50. The predicted molar refractivity (Wildman–Crippen MR) is 78.6 cm³/mol. The first-order chi connectivity index (χ1) is 8.77. The van der Waals surface area contributed by atoms with E-state index in [4.69, 9.17) is 4.74 Å². The lowest BCUT2D eigenvalue weighted by Crippen LogP contribution is -2.01. The molecule has 94 valence electrons. The summed E-state index contributed by atoms with van der Waals surface area (Å²) in [5.74, 6) is 1.97. The van der Waals surface area contributed by atoms with E-state index in [2.05, 4.69) is 44.2 Å². The molecule has 0 fully saturated rings. The molecular weight excluding hydrogens is 240 g/mol. The Bertz CT molecular complexity index is 494. The highest BCUT2D eigenvalue weighted by Gasteiger charge is 2.01. The molecule has 0 heterocycles. The van der Waals surface area contributed by atoms with Crippen LogP contribution in [0, 0.1) is 13.8 Å². The molecule has 18 heavy (non-hydrogen) atoms. The lowest BCUT2D eigenvalue weighted by atomic mass is 10.1. The van der Waals surface area contributed by atoms with Crippen LogP contribution in [0.5, 0.6) is 5.75 Å². The quantitative estimate of drug-likeness (QED) is 0.578. The van der Waals surface area contributed by atoms with Crippen LogP contribution in [0.3, 0.4) is 0 Å². The third-order valence-corrected chi connectivity index (χ3v) is 3.88. The maximum absolute atomic E-state index is 5.82. The SMILES string of the molecule is Cc1cccc(OCCSc2ccccc2)c1C. The maximum Gasteiger partial charge on any atom is 0.122 e. The van der Waals surface area contributed by atoms with Gasteiger partial charge in [-0.15, -0.1) is 11.8 Å². The number of thioether (sulfide) groups is 1. The molecule has 0 aliphatic rings. The molecule has 0 amide bonds. The van der Waals surface area contributed by atoms with E-state index >= 15 is 0 Å². The Morgan fingerprint density at radius 3 is 2.50 bits per heavy atom. The van der Waals surface area contributed by atoms with Gasteiger partial charge in [-0.05, 0) is 43.2 Å². The van der Waals surface area contributed by atoms with Gasteiger partial charge in [0.15, 0.2) is 0 Å². The first-order valence-corrected chi connectivity index (χ1v) is 7.13. The normalized spacial score (nSPS) is 10.3. The molecule has 0 spiro atoms. The van der Waals surface area contributed by atoms with Gasteiger partial charge in [0, 0.05) is 10.6 Å². The lowest BCUT2D eigenvalue weighted by Gasteiger charge is -2.10. The lowest BCUT2D eigenvalue weighted by molar-refractivity contribution is 0.341. The number of hydrogen-bond donors (Lipinski definition) is 0. The molecule has 2 rings (SSSR count). The van der Waals surface area contributed by atoms with Gasteiger partial charge >= 0.3 is 0 Å². The Morgan fingerprint density at radius 2 is 1.72 bits per heavy atom. The maximum atomic E-state index is 5.82. The molecule has 0 radical (unpaired) electrons. The van der Waals surface area contributed by atoms with Gasteiger partial charge < -0.3 is 4.74 Å². The Labute approximate surface area is 113 Å². The standard InChI is InChI=1S/C16H18OS/c1-13-7-6-10-16(14(13)2)17-11-12-18-15-8-4-3-5-9-15/h3-10H,11-12H2,1-2H3. The number of ether oxygens (including phenoxy) is 1. The van der Waals surface area contributed by atoms with Crippen molar-refractivity contribution in [3.63, 3.8) is 0 Å². The minimum atomic E-state index is 0.740. The van der Waals surface area contributed by atoms with Gasteiger partial charge in [0.05, 0.1) is 6.61 Å². The van der Waals surface area contributed by atoms with Crippen LogP contribution < -0.4 is 4.74 Å². The van der Waals surface area contributed by atoms with Crippen molar-refractivity contribution in [3.05, 3.63) is 59.7 Å². The Balaban J connectivity index is 1.81. The number of aryl methyl sites for hydroxylation is 1. The third-order valence-electron chi connectivity index (χ3n) is 2.91. The summed E-state index contributed by atoms with van der Waals surface area (Å²) in [5, 5.41) is 0. The van der Waals surface area contributed by atoms with Crippen molar-refractivity contribution in [1.82, 2.24) is 0 Å². The molecule has 0 N–H and O–H groups in total. The van der Waals surface area contributed by atoms with Crippen molar-refractivity contribution in [2.45, 2.75) is 18.7 Å². The van der Waals surface area contributed by atoms with Crippen LogP contribution in [0.25, 0.3) is 0 Å². The highest BCUT2D eigenvalue weighted by atomic mass is 32.2. The summed E-state index contributed by atoms with van der Waals surface area (Å²) in [7, 11) is 0. The smallest absolute Gasteiger partial charge is 0.122 e. The third kappa shape index (κ3) is 3.54. The molecule has 0 aromatic heterocycles. The zero-order chi connectivity index (χ0) is 12.8. The second-order valence-electron chi connectivity index (χ2n) is 4.21. The van der Waals surface area contributed by atoms with Gasteiger partial charge in [-0.1, -0.05) is 30.3 Å². The van der Waals surface area contributed by atoms with Gasteiger partial charge in [-0.25, -0.2) is 0 Å². The molecule has 0 saturated carbocycles. The summed E-state index contributed by atoms with van der Waals surface area (Å²) < 4.78 is 5.82. The molecule has 0 saturated heterocycles. The molecule has 0 unspecified atom stereocenters. The van der Waals surface area contributed by atoms with Crippen LogP contribution in [0.4, 0.5) is 0 Å². The van der Waals surface area contributed by atoms with Gasteiger partial charge in [0.25, 0.3) is 0 Å². The summed E-state index contributed by atoms with van der Waals surface area (Å²) >= 11 is 1.82. The van der Waals surface area contributed by atoms with Crippen LogP contribution in [-0.2, 0) is 0 Å². The number of benzene rings is 2. The van der Waals surface area contributed by atoms with Crippen molar-refractivity contribution in [2.75, 3.05) is 12.4 Å². The molecule has 2 aromatic carbocycles. The van der Waals surface area contributed by atoms with Crippen LogP contribution in [0.2, 0.25) is 0 Å². The van der Waals surface area contributed by atoms with E-state index in [0.717, 1.165) is 18.1 Å². The van der Waals surface area contributed by atoms with Crippen LogP contribution in [0.1, 0.15) is 11.1 Å². The topological polar surface area (TPSA) is 9.23 Å². The van der Waals surface area contributed by atoms with E-state index in [1.54, 1.807) is 0 Å². The van der Waals surface area contributed by atoms with Crippen molar-refractivity contribution in [3.8, 4) is 5.75 Å². The summed E-state index contributed by atoms with van der Waals surface area (Å²) in [6.07, 6.45) is 0. The predicted octanol–water partition coefficient (Wildman–Crippen LogP) is 4.47. The van der Waals surface area contributed by atoms with Crippen LogP contribution >= 0.6 is 11.8 Å². The highest BCUT2D eigenvalue weighted by molar-refractivity contribution is 7.99. The van der Waals surface area contributed by atoms with Crippen molar-refractivity contribution in [1.29, 1.82) is 0 Å². The fourth-order valence-corrected chi connectivity index (χ4v) is 2.46. The summed E-state index contributed by atoms with van der Waals surface area (Å²) in [4.78, 5) is 1.29. The highest BCUT2D eigenvalue weighted by Crippen LogP contribution is 2.22. The average molecular weight is 258 g/mol. The minimum Gasteiger partial charge on any atom is -0.492 e. The van der Waals surface area contributed by atoms with Gasteiger partial charge in [-0.2, -0.15) is 0 Å². The fraction of sp³-hybridized carbons (Fsp3) is 0.250. The fourth-order valence-electron chi connectivity index (χ4n) is 1.71. The summed E-state index contributed by atoms with van der Waals surface area (Å²) in [5.41, 5.74) is 2.52. The second-order valence-corrected chi connectivity index (χ2v) is 5.38. The first kappa shape index (κ1) is 13.0. The largest absolute Gasteiger partial charge is 0.492 e. The average Bonchev–Trinajstić information content (AvgIpc) is 2.40. The van der Waals surface area contributed by atoms with Crippen molar-refractivity contribution >= 4 is 11.8 Å². The van der Waals surface area contributed by atoms with Gasteiger partial charge in [0.2, 0.25) is 0 Å². The molecule has 1 nitrogen and oxygen atoms in total. The first-order valence-electron chi connectivity index (χ1n) is 6.14. The Morgan fingerprint density at radius 1 is 0.944 bits per heavy atom. The van der Waals surface area contributed by atoms with Crippen LogP contribution in [-0.4, -0.2) is 12.4 Å². The minimum absolute atomic E-state index is 0.740. The summed E-state index contributed by atoms with van der Waals surface area (Å²) in [6, 6.07) is 16.6. The van der Waals surface area contributed by atoms with E-state index in [1.807, 2.05) is 30.0 Å². The monoisotopic (exact) mass is 258 g/mol.